The van der Waals surface area contributed by atoms with Crippen LogP contribution in [0.2, 0.25) is 0 Å². The van der Waals surface area contributed by atoms with E-state index in [0.29, 0.717) is 5.92 Å². The van der Waals surface area contributed by atoms with E-state index in [4.69, 9.17) is 0 Å². The van der Waals surface area contributed by atoms with Crippen LogP contribution in [-0.4, -0.2) is 44.5 Å². The monoisotopic (exact) mass is 252 g/mol. The molecule has 0 saturated heterocycles. The summed E-state index contributed by atoms with van der Waals surface area (Å²) < 4.78 is 2.02. The predicted octanol–water partition coefficient (Wildman–Crippen LogP) is 1.11. The summed E-state index contributed by atoms with van der Waals surface area (Å²) in [6, 6.07) is 0. The third-order valence-electron chi connectivity index (χ3n) is 4.01. The van der Waals surface area contributed by atoms with Crippen molar-refractivity contribution in [1.82, 2.24) is 19.7 Å². The Morgan fingerprint density at radius 2 is 2.06 bits per heavy atom. The van der Waals surface area contributed by atoms with Crippen LogP contribution in [0.15, 0.2) is 0 Å². The van der Waals surface area contributed by atoms with Crippen molar-refractivity contribution >= 4 is 0 Å². The van der Waals surface area contributed by atoms with Crippen molar-refractivity contribution in [2.45, 2.75) is 45.3 Å². The molecule has 18 heavy (non-hydrogen) atoms. The van der Waals surface area contributed by atoms with Gasteiger partial charge >= 0.3 is 0 Å². The zero-order valence-electron chi connectivity index (χ0n) is 11.6. The summed E-state index contributed by atoms with van der Waals surface area (Å²) in [5, 5.41) is 18.2. The Morgan fingerprint density at radius 1 is 1.33 bits per heavy atom. The van der Waals surface area contributed by atoms with Crippen LogP contribution in [0.5, 0.6) is 0 Å². The highest BCUT2D eigenvalue weighted by atomic mass is 16.3. The van der Waals surface area contributed by atoms with Gasteiger partial charge in [-0.3, -0.25) is 4.90 Å². The topological polar surface area (TPSA) is 54.2 Å². The molecule has 5 heteroatoms. The molecule has 2 rings (SSSR count). The highest BCUT2D eigenvalue weighted by molar-refractivity contribution is 4.92. The van der Waals surface area contributed by atoms with Crippen LogP contribution >= 0.6 is 0 Å². The minimum Gasteiger partial charge on any atom is -0.393 e. The molecule has 0 aromatic carbocycles. The molecular weight excluding hydrogens is 228 g/mol. The smallest absolute Gasteiger partial charge is 0.146 e. The van der Waals surface area contributed by atoms with Crippen LogP contribution in [-0.2, 0) is 13.6 Å². The summed E-state index contributed by atoms with van der Waals surface area (Å²) in [7, 11) is 4.08. The molecule has 0 aliphatic heterocycles. The van der Waals surface area contributed by atoms with Gasteiger partial charge in [0.25, 0.3) is 0 Å². The average Bonchev–Trinajstić information content (AvgIpc) is 2.64. The zero-order chi connectivity index (χ0) is 13.1. The zero-order valence-corrected chi connectivity index (χ0v) is 11.6. The molecule has 0 spiro atoms. The third kappa shape index (κ3) is 3.09. The summed E-state index contributed by atoms with van der Waals surface area (Å²) >= 11 is 0. The average molecular weight is 252 g/mol. The molecule has 1 fully saturated rings. The van der Waals surface area contributed by atoms with E-state index in [1.54, 1.807) is 0 Å². The lowest BCUT2D eigenvalue weighted by molar-refractivity contribution is 0.0496. The molecule has 2 unspecified atom stereocenters. The second kappa shape index (κ2) is 5.80. The van der Waals surface area contributed by atoms with Crippen LogP contribution in [0.1, 0.15) is 37.3 Å². The summed E-state index contributed by atoms with van der Waals surface area (Å²) in [6.07, 6.45) is 4.40. The van der Waals surface area contributed by atoms with Gasteiger partial charge in [0, 0.05) is 13.6 Å². The fourth-order valence-corrected chi connectivity index (χ4v) is 2.70. The van der Waals surface area contributed by atoms with Gasteiger partial charge in [0.1, 0.15) is 11.6 Å². The lowest BCUT2D eigenvalue weighted by Gasteiger charge is -2.31. The molecule has 5 nitrogen and oxygen atoms in total. The number of nitrogens with zero attached hydrogens (tertiary/aromatic N) is 4. The van der Waals surface area contributed by atoms with E-state index >= 15 is 0 Å². The van der Waals surface area contributed by atoms with Crippen LogP contribution in [0.3, 0.4) is 0 Å². The maximum absolute atomic E-state index is 9.98. The van der Waals surface area contributed by atoms with Gasteiger partial charge in [-0.2, -0.15) is 0 Å². The molecule has 1 N–H and O–H groups in total. The van der Waals surface area contributed by atoms with Crippen molar-refractivity contribution in [3.63, 3.8) is 0 Å². The molecule has 102 valence electrons. The molecule has 0 bridgehead atoms. The van der Waals surface area contributed by atoms with Crippen molar-refractivity contribution in [2.24, 2.45) is 13.0 Å². The molecule has 1 aliphatic rings. The summed E-state index contributed by atoms with van der Waals surface area (Å²) in [5.74, 6) is 2.34. The first kappa shape index (κ1) is 13.5. The Kier molecular flexibility index (Phi) is 4.35. The van der Waals surface area contributed by atoms with Crippen molar-refractivity contribution in [1.29, 1.82) is 0 Å². The normalized spacial score (nSPS) is 24.7. The fourth-order valence-electron chi connectivity index (χ4n) is 2.70. The summed E-state index contributed by atoms with van der Waals surface area (Å²) in [5.41, 5.74) is 0. The van der Waals surface area contributed by atoms with Gasteiger partial charge in [0.05, 0.1) is 12.6 Å². The largest absolute Gasteiger partial charge is 0.393 e. The van der Waals surface area contributed by atoms with Crippen LogP contribution in [0.25, 0.3) is 0 Å². The molecule has 1 aliphatic carbocycles. The van der Waals surface area contributed by atoms with E-state index in [9.17, 15) is 5.11 Å². The number of aryl methyl sites for hydroxylation is 1. The number of aromatic nitrogens is 3. The van der Waals surface area contributed by atoms with E-state index < -0.39 is 0 Å². The maximum atomic E-state index is 9.98. The van der Waals surface area contributed by atoms with Crippen molar-refractivity contribution in [2.75, 3.05) is 13.6 Å². The van der Waals surface area contributed by atoms with Gasteiger partial charge in [0.2, 0.25) is 0 Å². The Balaban J connectivity index is 1.88. The van der Waals surface area contributed by atoms with Crippen molar-refractivity contribution in [3.05, 3.63) is 11.6 Å². The Labute approximate surface area is 109 Å². The number of rotatable bonds is 4. The lowest BCUT2D eigenvalue weighted by Crippen LogP contribution is -2.35. The third-order valence-corrected chi connectivity index (χ3v) is 4.01. The lowest BCUT2D eigenvalue weighted by atomic mass is 9.86. The highest BCUT2D eigenvalue weighted by Gasteiger charge is 2.24. The first-order chi connectivity index (χ1) is 8.58. The molecular formula is C13H24N4O. The van der Waals surface area contributed by atoms with E-state index in [-0.39, 0.29) is 6.10 Å². The van der Waals surface area contributed by atoms with Crippen molar-refractivity contribution in [3.8, 4) is 0 Å². The summed E-state index contributed by atoms with van der Waals surface area (Å²) in [6.45, 7) is 3.69. The van der Waals surface area contributed by atoms with Gasteiger partial charge in [-0.05, 0) is 32.7 Å². The van der Waals surface area contributed by atoms with Gasteiger partial charge in [-0.1, -0.05) is 12.8 Å². The van der Waals surface area contributed by atoms with Gasteiger partial charge < -0.3 is 9.67 Å². The molecule has 1 aromatic heterocycles. The van der Waals surface area contributed by atoms with Crippen LogP contribution in [0.4, 0.5) is 0 Å². The Hall–Kier alpha value is -0.940. The number of hydrogen-bond acceptors (Lipinski definition) is 4. The van der Waals surface area contributed by atoms with Crippen LogP contribution < -0.4 is 0 Å². The van der Waals surface area contributed by atoms with Crippen LogP contribution in [0, 0.1) is 12.8 Å². The molecule has 1 heterocycles. The minimum absolute atomic E-state index is 0.123. The Bertz CT molecular complexity index is 390. The first-order valence-corrected chi connectivity index (χ1v) is 6.79. The number of aliphatic hydroxyl groups is 1. The fraction of sp³-hybridized carbons (Fsp3) is 0.846. The van der Waals surface area contributed by atoms with E-state index in [1.807, 2.05) is 18.5 Å². The standard InChI is InChI=1S/C13H24N4O/c1-10-14-15-13(17(10)3)9-16(2)8-11-6-4-5-7-12(11)18/h11-12,18H,4-9H2,1-3H3. The van der Waals surface area contributed by atoms with Crippen molar-refractivity contribution < 1.29 is 5.11 Å². The minimum atomic E-state index is -0.123. The Morgan fingerprint density at radius 3 is 2.67 bits per heavy atom. The molecule has 0 amide bonds. The first-order valence-electron chi connectivity index (χ1n) is 6.79. The molecule has 0 radical (unpaired) electrons. The molecule has 2 atom stereocenters. The molecule has 1 saturated carbocycles. The summed E-state index contributed by atoms with van der Waals surface area (Å²) in [4.78, 5) is 2.24. The molecule has 1 aromatic rings. The highest BCUT2D eigenvalue weighted by Crippen LogP contribution is 2.25. The quantitative estimate of drug-likeness (QED) is 0.872. The number of hydrogen-bond donors (Lipinski definition) is 1. The predicted molar refractivity (Wildman–Crippen MR) is 70.0 cm³/mol. The SMILES string of the molecule is Cc1nnc(CN(C)CC2CCCCC2O)n1C. The van der Waals surface area contributed by atoms with Gasteiger partial charge in [0.15, 0.2) is 0 Å². The van der Waals surface area contributed by atoms with E-state index in [2.05, 4.69) is 22.1 Å². The van der Waals surface area contributed by atoms with Gasteiger partial charge in [-0.15, -0.1) is 10.2 Å². The van der Waals surface area contributed by atoms with E-state index in [0.717, 1.165) is 37.6 Å². The number of aliphatic hydroxyl groups excluding tert-OH is 1. The maximum Gasteiger partial charge on any atom is 0.146 e. The van der Waals surface area contributed by atoms with Gasteiger partial charge in [-0.25, -0.2) is 0 Å². The second-order valence-electron chi connectivity index (χ2n) is 5.53. The van der Waals surface area contributed by atoms with E-state index in [1.165, 1.54) is 12.8 Å². The second-order valence-corrected chi connectivity index (χ2v) is 5.53.